The van der Waals surface area contributed by atoms with Crippen molar-refractivity contribution in [2.75, 3.05) is 26.3 Å². The van der Waals surface area contributed by atoms with Gasteiger partial charge in [-0.1, -0.05) is 19.8 Å². The zero-order valence-corrected chi connectivity index (χ0v) is 15.3. The SMILES string of the molecule is CCC(NC(=O)C1CC2CCCCC2N1)C(=O)N1CCOCC1.Cl. The summed E-state index contributed by atoms with van der Waals surface area (Å²) in [6, 6.07) is -0.0470. The molecular weight excluding hydrogens is 330 g/mol. The van der Waals surface area contributed by atoms with Crippen LogP contribution in [-0.2, 0) is 14.3 Å². The van der Waals surface area contributed by atoms with Gasteiger partial charge in [-0.15, -0.1) is 12.4 Å². The van der Waals surface area contributed by atoms with E-state index < -0.39 is 6.04 Å². The van der Waals surface area contributed by atoms with Gasteiger partial charge < -0.3 is 20.3 Å². The van der Waals surface area contributed by atoms with Crippen molar-refractivity contribution in [3.63, 3.8) is 0 Å². The Kier molecular flexibility index (Phi) is 7.32. The quantitative estimate of drug-likeness (QED) is 0.788. The summed E-state index contributed by atoms with van der Waals surface area (Å²) < 4.78 is 5.29. The molecule has 0 aromatic carbocycles. The van der Waals surface area contributed by atoms with Crippen LogP contribution in [0, 0.1) is 5.92 Å². The van der Waals surface area contributed by atoms with Crippen molar-refractivity contribution in [1.29, 1.82) is 0 Å². The Balaban J connectivity index is 0.00000208. The largest absolute Gasteiger partial charge is 0.378 e. The van der Waals surface area contributed by atoms with Crippen molar-refractivity contribution in [2.24, 2.45) is 5.92 Å². The van der Waals surface area contributed by atoms with Crippen molar-refractivity contribution in [3.05, 3.63) is 0 Å². The van der Waals surface area contributed by atoms with E-state index >= 15 is 0 Å². The lowest BCUT2D eigenvalue weighted by molar-refractivity contribution is -0.140. The molecule has 24 heavy (non-hydrogen) atoms. The molecule has 6 nitrogen and oxygen atoms in total. The molecule has 3 rings (SSSR count). The molecule has 0 bridgehead atoms. The van der Waals surface area contributed by atoms with E-state index in [4.69, 9.17) is 4.74 Å². The Bertz CT molecular complexity index is 429. The normalized spacial score (nSPS) is 30.9. The lowest BCUT2D eigenvalue weighted by Crippen LogP contribution is -2.54. The molecule has 4 atom stereocenters. The van der Waals surface area contributed by atoms with Crippen LogP contribution >= 0.6 is 12.4 Å². The highest BCUT2D eigenvalue weighted by atomic mass is 35.5. The number of fused-ring (bicyclic) bond motifs is 1. The van der Waals surface area contributed by atoms with Gasteiger partial charge in [0.25, 0.3) is 0 Å². The first-order valence-corrected chi connectivity index (χ1v) is 9.12. The van der Waals surface area contributed by atoms with E-state index in [2.05, 4.69) is 10.6 Å². The number of rotatable bonds is 4. The average molecular weight is 360 g/mol. The summed E-state index contributed by atoms with van der Waals surface area (Å²) in [5, 5.41) is 6.47. The molecule has 0 aromatic rings. The van der Waals surface area contributed by atoms with Crippen molar-refractivity contribution >= 4 is 24.2 Å². The van der Waals surface area contributed by atoms with Crippen LogP contribution in [0.1, 0.15) is 45.4 Å². The van der Waals surface area contributed by atoms with Crippen LogP contribution in [0.25, 0.3) is 0 Å². The number of morpholine rings is 1. The van der Waals surface area contributed by atoms with Crippen LogP contribution < -0.4 is 10.6 Å². The number of nitrogens with zero attached hydrogens (tertiary/aromatic N) is 1. The maximum Gasteiger partial charge on any atom is 0.245 e. The molecule has 2 N–H and O–H groups in total. The highest BCUT2D eigenvalue weighted by molar-refractivity contribution is 5.90. The van der Waals surface area contributed by atoms with Gasteiger partial charge in [-0.2, -0.15) is 0 Å². The number of hydrogen-bond acceptors (Lipinski definition) is 4. The van der Waals surface area contributed by atoms with Gasteiger partial charge in [0, 0.05) is 19.1 Å². The summed E-state index contributed by atoms with van der Waals surface area (Å²) in [6.45, 7) is 4.37. The van der Waals surface area contributed by atoms with Gasteiger partial charge in [0.2, 0.25) is 11.8 Å². The molecule has 1 saturated carbocycles. The standard InChI is InChI=1S/C17H29N3O3.ClH/c1-2-13(17(22)20-7-9-23-10-8-20)19-16(21)15-11-12-5-3-4-6-14(12)18-15;/h12-15,18H,2-11H2,1H3,(H,19,21);1H. The molecule has 138 valence electrons. The van der Waals surface area contributed by atoms with Crippen LogP contribution in [0.5, 0.6) is 0 Å². The smallest absolute Gasteiger partial charge is 0.245 e. The fourth-order valence-corrected chi connectivity index (χ4v) is 4.14. The Morgan fingerprint density at radius 3 is 2.62 bits per heavy atom. The lowest BCUT2D eigenvalue weighted by atomic mass is 9.85. The van der Waals surface area contributed by atoms with Crippen LogP contribution in [0.4, 0.5) is 0 Å². The minimum atomic E-state index is -0.412. The molecule has 4 unspecified atom stereocenters. The molecule has 0 radical (unpaired) electrons. The zero-order chi connectivity index (χ0) is 16.2. The fraction of sp³-hybridized carbons (Fsp3) is 0.882. The van der Waals surface area contributed by atoms with Crippen LogP contribution in [-0.4, -0.2) is 61.1 Å². The number of amides is 2. The van der Waals surface area contributed by atoms with E-state index in [0.29, 0.717) is 44.7 Å². The summed E-state index contributed by atoms with van der Waals surface area (Å²) in [7, 11) is 0. The molecule has 0 spiro atoms. The van der Waals surface area contributed by atoms with Gasteiger partial charge in [0.05, 0.1) is 19.3 Å². The maximum absolute atomic E-state index is 12.6. The number of ether oxygens (including phenoxy) is 1. The Morgan fingerprint density at radius 2 is 1.96 bits per heavy atom. The predicted molar refractivity (Wildman–Crippen MR) is 94.2 cm³/mol. The first kappa shape index (κ1) is 19.5. The van der Waals surface area contributed by atoms with Crippen LogP contribution in [0.2, 0.25) is 0 Å². The average Bonchev–Trinajstić information content (AvgIpc) is 3.04. The molecule has 0 aromatic heterocycles. The third-order valence-electron chi connectivity index (χ3n) is 5.52. The first-order chi connectivity index (χ1) is 11.2. The lowest BCUT2D eigenvalue weighted by Gasteiger charge is -2.30. The van der Waals surface area contributed by atoms with E-state index in [1.54, 1.807) is 4.90 Å². The van der Waals surface area contributed by atoms with E-state index in [1.807, 2.05) is 6.92 Å². The predicted octanol–water partition coefficient (Wildman–Crippen LogP) is 1.08. The second-order valence-corrected chi connectivity index (χ2v) is 7.01. The van der Waals surface area contributed by atoms with Gasteiger partial charge in [0.1, 0.15) is 6.04 Å². The molecule has 3 aliphatic rings. The monoisotopic (exact) mass is 359 g/mol. The molecule has 2 heterocycles. The van der Waals surface area contributed by atoms with Gasteiger partial charge >= 0.3 is 0 Å². The Hall–Kier alpha value is -0.850. The molecule has 7 heteroatoms. The second-order valence-electron chi connectivity index (χ2n) is 7.01. The Morgan fingerprint density at radius 1 is 1.25 bits per heavy atom. The summed E-state index contributed by atoms with van der Waals surface area (Å²) in [4.78, 5) is 26.9. The van der Waals surface area contributed by atoms with Crippen molar-refractivity contribution in [3.8, 4) is 0 Å². The number of halogens is 1. The maximum atomic E-state index is 12.6. The van der Waals surface area contributed by atoms with Crippen molar-refractivity contribution < 1.29 is 14.3 Å². The van der Waals surface area contributed by atoms with Gasteiger partial charge in [-0.05, 0) is 31.6 Å². The number of nitrogens with one attached hydrogen (secondary N) is 2. The summed E-state index contributed by atoms with van der Waals surface area (Å²) in [6.07, 6.45) is 6.49. The minimum absolute atomic E-state index is 0. The number of hydrogen-bond donors (Lipinski definition) is 2. The van der Waals surface area contributed by atoms with Crippen LogP contribution in [0.15, 0.2) is 0 Å². The molecule has 3 fully saturated rings. The first-order valence-electron chi connectivity index (χ1n) is 9.12. The summed E-state index contributed by atoms with van der Waals surface area (Å²) >= 11 is 0. The minimum Gasteiger partial charge on any atom is -0.378 e. The topological polar surface area (TPSA) is 70.7 Å². The Labute approximate surface area is 150 Å². The molecule has 2 amide bonds. The third kappa shape index (κ3) is 4.41. The number of carbonyl (C=O) groups excluding carboxylic acids is 2. The van der Waals surface area contributed by atoms with Gasteiger partial charge in [-0.25, -0.2) is 0 Å². The summed E-state index contributed by atoms with van der Waals surface area (Å²) in [5.41, 5.74) is 0. The van der Waals surface area contributed by atoms with Crippen molar-refractivity contribution in [1.82, 2.24) is 15.5 Å². The number of carbonyl (C=O) groups is 2. The second kappa shape index (κ2) is 9.02. The fourth-order valence-electron chi connectivity index (χ4n) is 4.14. The molecule has 2 saturated heterocycles. The van der Waals surface area contributed by atoms with Crippen LogP contribution in [0.3, 0.4) is 0 Å². The van der Waals surface area contributed by atoms with E-state index in [-0.39, 0.29) is 30.3 Å². The van der Waals surface area contributed by atoms with Gasteiger partial charge in [-0.3, -0.25) is 9.59 Å². The summed E-state index contributed by atoms with van der Waals surface area (Å²) in [5.74, 6) is 0.655. The molecule has 1 aliphatic carbocycles. The third-order valence-corrected chi connectivity index (χ3v) is 5.52. The highest BCUT2D eigenvalue weighted by Crippen LogP contribution is 2.33. The molecular formula is C17H30ClN3O3. The van der Waals surface area contributed by atoms with E-state index in [9.17, 15) is 9.59 Å². The molecule has 2 aliphatic heterocycles. The van der Waals surface area contributed by atoms with Crippen molar-refractivity contribution in [2.45, 2.75) is 63.6 Å². The van der Waals surface area contributed by atoms with Gasteiger partial charge in [0.15, 0.2) is 0 Å². The van der Waals surface area contributed by atoms with E-state index in [1.165, 1.54) is 25.7 Å². The van der Waals surface area contributed by atoms with E-state index in [0.717, 1.165) is 6.42 Å². The highest BCUT2D eigenvalue weighted by Gasteiger charge is 2.39. The zero-order valence-electron chi connectivity index (χ0n) is 14.5.